The molecule has 0 fully saturated rings. The van der Waals surface area contributed by atoms with E-state index in [-0.39, 0.29) is 5.82 Å². The summed E-state index contributed by atoms with van der Waals surface area (Å²) in [5.41, 5.74) is 2.74. The molecule has 0 saturated heterocycles. The van der Waals surface area contributed by atoms with Gasteiger partial charge in [0.25, 0.3) is 0 Å². The number of hydrogen-bond donors (Lipinski definition) is 1. The van der Waals surface area contributed by atoms with Gasteiger partial charge in [0.05, 0.1) is 5.69 Å². The van der Waals surface area contributed by atoms with E-state index in [9.17, 15) is 4.39 Å². The van der Waals surface area contributed by atoms with Crippen LogP contribution in [0.4, 0.5) is 4.39 Å². The number of rotatable bonds is 1. The first kappa shape index (κ1) is 11.2. The third kappa shape index (κ3) is 2.19. The third-order valence-electron chi connectivity index (χ3n) is 2.91. The van der Waals surface area contributed by atoms with E-state index in [0.29, 0.717) is 12.5 Å². The molecule has 1 aliphatic heterocycles. The summed E-state index contributed by atoms with van der Waals surface area (Å²) in [5, 5.41) is 3.26. The van der Waals surface area contributed by atoms with E-state index in [4.69, 9.17) is 4.74 Å². The maximum absolute atomic E-state index is 12.9. The van der Waals surface area contributed by atoms with Crippen LogP contribution in [-0.4, -0.2) is 18.1 Å². The Kier molecular flexibility index (Phi) is 2.94. The second-order valence-corrected chi connectivity index (χ2v) is 4.19. The van der Waals surface area contributed by atoms with Crippen LogP contribution < -0.4 is 10.1 Å². The summed E-state index contributed by atoms with van der Waals surface area (Å²) in [5.74, 6) is 0.427. The van der Waals surface area contributed by atoms with E-state index in [2.05, 4.69) is 10.3 Å². The van der Waals surface area contributed by atoms with Crippen molar-refractivity contribution in [3.8, 4) is 17.1 Å². The number of fused-ring (bicyclic) bond motifs is 1. The molecular weight excluding hydrogens is 231 g/mol. The van der Waals surface area contributed by atoms with Crippen LogP contribution in [0.5, 0.6) is 5.88 Å². The summed E-state index contributed by atoms with van der Waals surface area (Å²) >= 11 is 0. The first-order valence-electron chi connectivity index (χ1n) is 5.92. The van der Waals surface area contributed by atoms with Crippen LogP contribution in [-0.2, 0) is 6.54 Å². The number of nitrogens with zero attached hydrogens (tertiary/aromatic N) is 1. The Morgan fingerprint density at radius 1 is 1.11 bits per heavy atom. The lowest BCUT2D eigenvalue weighted by Crippen LogP contribution is -2.16. The van der Waals surface area contributed by atoms with Gasteiger partial charge in [-0.25, -0.2) is 9.37 Å². The van der Waals surface area contributed by atoms with Gasteiger partial charge in [0.2, 0.25) is 5.88 Å². The van der Waals surface area contributed by atoms with Crippen molar-refractivity contribution in [3.05, 3.63) is 47.8 Å². The lowest BCUT2D eigenvalue weighted by atomic mass is 10.1. The van der Waals surface area contributed by atoms with Gasteiger partial charge < -0.3 is 10.1 Å². The van der Waals surface area contributed by atoms with Crippen LogP contribution in [0.3, 0.4) is 0 Å². The van der Waals surface area contributed by atoms with Crippen molar-refractivity contribution in [1.29, 1.82) is 0 Å². The predicted molar refractivity (Wildman–Crippen MR) is 66.8 cm³/mol. The maximum Gasteiger partial charge on any atom is 0.218 e. The van der Waals surface area contributed by atoms with Crippen molar-refractivity contribution < 1.29 is 9.13 Å². The molecule has 0 saturated carbocycles. The van der Waals surface area contributed by atoms with Crippen molar-refractivity contribution in [2.45, 2.75) is 6.54 Å². The topological polar surface area (TPSA) is 34.1 Å². The van der Waals surface area contributed by atoms with Crippen LogP contribution >= 0.6 is 0 Å². The molecule has 0 unspecified atom stereocenters. The van der Waals surface area contributed by atoms with Gasteiger partial charge in [-0.2, -0.15) is 0 Å². The largest absolute Gasteiger partial charge is 0.476 e. The van der Waals surface area contributed by atoms with E-state index < -0.39 is 0 Å². The molecule has 92 valence electrons. The van der Waals surface area contributed by atoms with Crippen LogP contribution in [0, 0.1) is 5.82 Å². The van der Waals surface area contributed by atoms with Crippen LogP contribution in [0.15, 0.2) is 36.4 Å². The van der Waals surface area contributed by atoms with Gasteiger partial charge in [0.15, 0.2) is 0 Å². The number of ether oxygens (including phenoxy) is 1. The minimum absolute atomic E-state index is 0.242. The summed E-state index contributed by atoms with van der Waals surface area (Å²) in [6.07, 6.45) is 0. The smallest absolute Gasteiger partial charge is 0.218 e. The minimum Gasteiger partial charge on any atom is -0.476 e. The Balaban J connectivity index is 1.98. The molecule has 1 aromatic heterocycles. The molecule has 0 atom stereocenters. The fourth-order valence-corrected chi connectivity index (χ4v) is 1.95. The van der Waals surface area contributed by atoms with Crippen LogP contribution in [0.1, 0.15) is 5.56 Å². The van der Waals surface area contributed by atoms with Crippen molar-refractivity contribution in [1.82, 2.24) is 10.3 Å². The van der Waals surface area contributed by atoms with Gasteiger partial charge in [-0.05, 0) is 30.3 Å². The fourth-order valence-electron chi connectivity index (χ4n) is 1.95. The van der Waals surface area contributed by atoms with Gasteiger partial charge in [-0.15, -0.1) is 0 Å². The predicted octanol–water partition coefficient (Wildman–Crippen LogP) is 2.37. The van der Waals surface area contributed by atoms with Gasteiger partial charge in [-0.3, -0.25) is 0 Å². The zero-order chi connectivity index (χ0) is 12.4. The highest BCUT2D eigenvalue weighted by Crippen LogP contribution is 2.24. The Morgan fingerprint density at radius 2 is 1.94 bits per heavy atom. The van der Waals surface area contributed by atoms with Crippen molar-refractivity contribution in [2.75, 3.05) is 13.2 Å². The van der Waals surface area contributed by atoms with E-state index in [0.717, 1.165) is 29.9 Å². The molecule has 0 aliphatic carbocycles. The quantitative estimate of drug-likeness (QED) is 0.836. The Hall–Kier alpha value is -1.94. The first-order valence-corrected chi connectivity index (χ1v) is 5.92. The van der Waals surface area contributed by atoms with Gasteiger partial charge in [-0.1, -0.05) is 6.07 Å². The number of halogens is 1. The summed E-state index contributed by atoms with van der Waals surface area (Å²) in [6.45, 7) is 2.21. The Morgan fingerprint density at radius 3 is 2.78 bits per heavy atom. The van der Waals surface area contributed by atoms with E-state index >= 15 is 0 Å². The number of aromatic nitrogens is 1. The zero-order valence-electron chi connectivity index (χ0n) is 9.82. The van der Waals surface area contributed by atoms with Crippen molar-refractivity contribution in [2.24, 2.45) is 0 Å². The number of nitrogens with one attached hydrogen (secondary N) is 1. The monoisotopic (exact) mass is 244 g/mol. The highest BCUT2D eigenvalue weighted by atomic mass is 19.1. The molecule has 0 amide bonds. The Bertz CT molecular complexity index is 554. The van der Waals surface area contributed by atoms with E-state index in [1.807, 2.05) is 12.1 Å². The summed E-state index contributed by atoms with van der Waals surface area (Å²) in [6, 6.07) is 10.2. The minimum atomic E-state index is -0.242. The molecule has 1 aliphatic rings. The van der Waals surface area contributed by atoms with Crippen LogP contribution in [0.25, 0.3) is 11.3 Å². The number of hydrogen-bond acceptors (Lipinski definition) is 3. The molecule has 0 radical (unpaired) electrons. The molecule has 1 N–H and O–H groups in total. The average Bonchev–Trinajstić information content (AvgIpc) is 2.64. The molecule has 2 aromatic rings. The molecule has 3 rings (SSSR count). The second-order valence-electron chi connectivity index (χ2n) is 4.19. The summed E-state index contributed by atoms with van der Waals surface area (Å²) in [4.78, 5) is 4.49. The zero-order valence-corrected chi connectivity index (χ0v) is 9.82. The third-order valence-corrected chi connectivity index (χ3v) is 2.91. The molecule has 4 heteroatoms. The molecule has 1 aromatic carbocycles. The first-order chi connectivity index (χ1) is 8.83. The average molecular weight is 244 g/mol. The summed E-state index contributed by atoms with van der Waals surface area (Å²) < 4.78 is 18.5. The van der Waals surface area contributed by atoms with Crippen LogP contribution in [0.2, 0.25) is 0 Å². The van der Waals surface area contributed by atoms with E-state index in [1.54, 1.807) is 12.1 Å². The highest BCUT2D eigenvalue weighted by Gasteiger charge is 2.11. The standard InChI is InChI=1S/C14H13FN2O/c15-12-4-1-10(2-5-12)13-6-3-11-9-16-7-8-18-14(11)17-13/h1-6,16H,7-9H2. The molecule has 2 heterocycles. The molecule has 0 spiro atoms. The molecule has 18 heavy (non-hydrogen) atoms. The number of benzene rings is 1. The SMILES string of the molecule is Fc1ccc(-c2ccc3c(n2)OCCNC3)cc1. The van der Waals surface area contributed by atoms with Gasteiger partial charge >= 0.3 is 0 Å². The highest BCUT2D eigenvalue weighted by molar-refractivity contribution is 5.60. The van der Waals surface area contributed by atoms with E-state index in [1.165, 1.54) is 12.1 Å². The fraction of sp³-hybridized carbons (Fsp3) is 0.214. The summed E-state index contributed by atoms with van der Waals surface area (Å²) in [7, 11) is 0. The molecular formula is C14H13FN2O. The lowest BCUT2D eigenvalue weighted by Gasteiger charge is -2.08. The maximum atomic E-state index is 12.9. The number of pyridine rings is 1. The normalized spacial score (nSPS) is 14.5. The van der Waals surface area contributed by atoms with Crippen molar-refractivity contribution >= 4 is 0 Å². The van der Waals surface area contributed by atoms with Crippen molar-refractivity contribution in [3.63, 3.8) is 0 Å². The van der Waals surface area contributed by atoms with Gasteiger partial charge in [0, 0.05) is 24.2 Å². The molecule has 0 bridgehead atoms. The van der Waals surface area contributed by atoms with Gasteiger partial charge in [0.1, 0.15) is 12.4 Å². The molecule has 3 nitrogen and oxygen atoms in total. The Labute approximate surface area is 105 Å². The lowest BCUT2D eigenvalue weighted by molar-refractivity contribution is 0.314. The second kappa shape index (κ2) is 4.74.